The van der Waals surface area contributed by atoms with Gasteiger partial charge in [0.1, 0.15) is 0 Å². The second kappa shape index (κ2) is 6.80. The van der Waals surface area contributed by atoms with E-state index < -0.39 is 0 Å². The van der Waals surface area contributed by atoms with E-state index in [2.05, 4.69) is 64.3 Å². The summed E-state index contributed by atoms with van der Waals surface area (Å²) < 4.78 is 0. The van der Waals surface area contributed by atoms with Crippen molar-refractivity contribution in [3.8, 4) is 0 Å². The highest BCUT2D eigenvalue weighted by Crippen LogP contribution is 2.26. The Balaban J connectivity index is 3.13. The van der Waals surface area contributed by atoms with Crippen LogP contribution in [0, 0.1) is 0 Å². The van der Waals surface area contributed by atoms with Gasteiger partial charge in [-0.15, -0.1) is 0 Å². The van der Waals surface area contributed by atoms with Crippen LogP contribution >= 0.6 is 0 Å². The van der Waals surface area contributed by atoms with E-state index in [0.717, 1.165) is 17.6 Å². The molecule has 0 saturated heterocycles. The molecule has 1 aromatic carbocycles. The van der Waals surface area contributed by atoms with Crippen LogP contribution in [0.2, 0.25) is 0 Å². The van der Waals surface area contributed by atoms with E-state index >= 15 is 0 Å². The average Bonchev–Trinajstić information content (AvgIpc) is 2.43. The van der Waals surface area contributed by atoms with Crippen molar-refractivity contribution in [3.05, 3.63) is 77.9 Å². The van der Waals surface area contributed by atoms with Crippen molar-refractivity contribution in [1.82, 2.24) is 0 Å². The largest absolute Gasteiger partial charge is 0.0985 e. The maximum absolute atomic E-state index is 4.19. The number of benzene rings is 1. The average molecular weight is 238 g/mol. The lowest BCUT2D eigenvalue weighted by atomic mass is 9.93. The highest BCUT2D eigenvalue weighted by molar-refractivity contribution is 5.72. The fourth-order valence-corrected chi connectivity index (χ4v) is 1.90. The lowest BCUT2D eigenvalue weighted by molar-refractivity contribution is 1.20. The smallest absolute Gasteiger partial charge is 0.0224 e. The summed E-state index contributed by atoms with van der Waals surface area (Å²) in [4.78, 5) is 0. The maximum Gasteiger partial charge on any atom is -0.0224 e. The van der Waals surface area contributed by atoms with Crippen LogP contribution in [-0.2, 0) is 0 Å². The third-order valence-electron chi connectivity index (χ3n) is 3.21. The van der Waals surface area contributed by atoms with E-state index in [9.17, 15) is 0 Å². The van der Waals surface area contributed by atoms with Gasteiger partial charge in [0.25, 0.3) is 0 Å². The van der Waals surface area contributed by atoms with Crippen LogP contribution < -0.4 is 0 Å². The molecule has 0 aromatic heterocycles. The van der Waals surface area contributed by atoms with Gasteiger partial charge in [-0.25, -0.2) is 0 Å². The van der Waals surface area contributed by atoms with Crippen molar-refractivity contribution in [2.45, 2.75) is 27.2 Å². The van der Waals surface area contributed by atoms with E-state index in [1.165, 1.54) is 16.7 Å². The quantitative estimate of drug-likeness (QED) is 0.589. The summed E-state index contributed by atoms with van der Waals surface area (Å²) in [5.41, 5.74) is 5.93. The first kappa shape index (κ1) is 14.2. The summed E-state index contributed by atoms with van der Waals surface area (Å²) in [7, 11) is 0. The number of rotatable bonds is 5. The molecule has 0 N–H and O–H groups in total. The van der Waals surface area contributed by atoms with Crippen molar-refractivity contribution >= 4 is 5.57 Å². The van der Waals surface area contributed by atoms with Gasteiger partial charge in [0, 0.05) is 0 Å². The molecule has 0 heteroatoms. The van der Waals surface area contributed by atoms with Gasteiger partial charge in [-0.1, -0.05) is 62.6 Å². The number of hydrogen-bond acceptors (Lipinski definition) is 0. The normalized spacial score (nSPS) is 12.9. The molecular weight excluding hydrogens is 216 g/mol. The molecule has 0 fully saturated rings. The Labute approximate surface area is 111 Å². The Morgan fingerprint density at radius 1 is 1.17 bits per heavy atom. The first-order valence-corrected chi connectivity index (χ1v) is 6.37. The molecule has 0 spiro atoms. The minimum atomic E-state index is 0.998. The zero-order valence-corrected chi connectivity index (χ0v) is 11.7. The predicted octanol–water partition coefficient (Wildman–Crippen LogP) is 5.56. The van der Waals surface area contributed by atoms with Crippen LogP contribution in [0.5, 0.6) is 0 Å². The summed E-state index contributed by atoms with van der Waals surface area (Å²) >= 11 is 0. The van der Waals surface area contributed by atoms with Crippen molar-refractivity contribution in [3.63, 3.8) is 0 Å². The fourth-order valence-electron chi connectivity index (χ4n) is 1.90. The van der Waals surface area contributed by atoms with Crippen molar-refractivity contribution in [2.24, 2.45) is 0 Å². The summed E-state index contributed by atoms with van der Waals surface area (Å²) in [6.07, 6.45) is 5.04. The standard InChI is InChI=1S/C18H22/c1-6-11-17(7-2)15(4)14(3)16(5)18-12-9-8-10-13-18/h7-13H,2,4,6H2,1,3,5H3/b16-14+,17-11+. The van der Waals surface area contributed by atoms with E-state index in [1.807, 2.05) is 12.1 Å². The highest BCUT2D eigenvalue weighted by Gasteiger charge is 2.06. The molecule has 1 rings (SSSR count). The summed E-state index contributed by atoms with van der Waals surface area (Å²) in [5, 5.41) is 0. The zero-order chi connectivity index (χ0) is 13.5. The summed E-state index contributed by atoms with van der Waals surface area (Å²) in [6.45, 7) is 14.4. The van der Waals surface area contributed by atoms with Crippen LogP contribution in [0.15, 0.2) is 72.4 Å². The Morgan fingerprint density at radius 3 is 2.28 bits per heavy atom. The molecule has 0 aliphatic carbocycles. The number of hydrogen-bond donors (Lipinski definition) is 0. The highest BCUT2D eigenvalue weighted by atomic mass is 14.1. The first-order chi connectivity index (χ1) is 8.61. The minimum absolute atomic E-state index is 0.998. The third-order valence-corrected chi connectivity index (χ3v) is 3.21. The molecule has 0 nitrogen and oxygen atoms in total. The van der Waals surface area contributed by atoms with Crippen LogP contribution in [0.25, 0.3) is 5.57 Å². The molecule has 0 unspecified atom stereocenters. The molecule has 94 valence electrons. The molecule has 0 bridgehead atoms. The molecule has 0 saturated carbocycles. The van der Waals surface area contributed by atoms with Gasteiger partial charge in [0.2, 0.25) is 0 Å². The molecule has 0 atom stereocenters. The second-order valence-corrected chi connectivity index (χ2v) is 4.37. The lowest BCUT2D eigenvalue weighted by Crippen LogP contribution is -1.92. The Bertz CT molecular complexity index is 484. The van der Waals surface area contributed by atoms with E-state index in [1.54, 1.807) is 0 Å². The molecule has 0 aliphatic rings. The SMILES string of the molecule is C=C/C(=C\CC)C(=C)/C(C)=C(\C)c1ccccc1. The van der Waals surface area contributed by atoms with Gasteiger partial charge in [-0.3, -0.25) is 0 Å². The van der Waals surface area contributed by atoms with Gasteiger partial charge >= 0.3 is 0 Å². The van der Waals surface area contributed by atoms with Gasteiger partial charge < -0.3 is 0 Å². The zero-order valence-electron chi connectivity index (χ0n) is 11.7. The van der Waals surface area contributed by atoms with E-state index in [4.69, 9.17) is 0 Å². The van der Waals surface area contributed by atoms with Gasteiger partial charge in [0.05, 0.1) is 0 Å². The molecule has 0 amide bonds. The van der Waals surface area contributed by atoms with E-state index in [0.29, 0.717) is 0 Å². The lowest BCUT2D eigenvalue weighted by Gasteiger charge is -2.12. The van der Waals surface area contributed by atoms with E-state index in [-0.39, 0.29) is 0 Å². The van der Waals surface area contributed by atoms with Gasteiger partial charge in [-0.05, 0) is 48.1 Å². The molecular formula is C18H22. The van der Waals surface area contributed by atoms with Crippen LogP contribution in [-0.4, -0.2) is 0 Å². The number of allylic oxidation sites excluding steroid dienone is 6. The van der Waals surface area contributed by atoms with Crippen LogP contribution in [0.1, 0.15) is 32.8 Å². The maximum atomic E-state index is 4.19. The third kappa shape index (κ3) is 3.33. The van der Waals surface area contributed by atoms with Crippen molar-refractivity contribution in [1.29, 1.82) is 0 Å². The summed E-state index contributed by atoms with van der Waals surface area (Å²) in [6, 6.07) is 10.4. The van der Waals surface area contributed by atoms with Crippen LogP contribution in [0.3, 0.4) is 0 Å². The van der Waals surface area contributed by atoms with Crippen molar-refractivity contribution < 1.29 is 0 Å². The monoisotopic (exact) mass is 238 g/mol. The Hall–Kier alpha value is -1.82. The Kier molecular flexibility index (Phi) is 5.38. The molecule has 0 heterocycles. The van der Waals surface area contributed by atoms with Gasteiger partial charge in [0.15, 0.2) is 0 Å². The summed E-state index contributed by atoms with van der Waals surface area (Å²) in [5.74, 6) is 0. The van der Waals surface area contributed by atoms with Crippen molar-refractivity contribution in [2.75, 3.05) is 0 Å². The Morgan fingerprint density at radius 2 is 1.78 bits per heavy atom. The molecule has 1 aromatic rings. The first-order valence-electron chi connectivity index (χ1n) is 6.37. The minimum Gasteiger partial charge on any atom is -0.0985 e. The molecule has 0 radical (unpaired) electrons. The second-order valence-electron chi connectivity index (χ2n) is 4.37. The van der Waals surface area contributed by atoms with Crippen LogP contribution in [0.4, 0.5) is 0 Å². The molecule has 0 aliphatic heterocycles. The topological polar surface area (TPSA) is 0 Å². The fraction of sp³-hybridized carbons (Fsp3) is 0.222. The molecule has 18 heavy (non-hydrogen) atoms. The predicted molar refractivity (Wildman–Crippen MR) is 82.4 cm³/mol. The van der Waals surface area contributed by atoms with Gasteiger partial charge in [-0.2, -0.15) is 0 Å².